The van der Waals surface area contributed by atoms with Gasteiger partial charge in [-0.15, -0.1) is 5.10 Å². The van der Waals surface area contributed by atoms with E-state index in [1.165, 1.54) is 0 Å². The van der Waals surface area contributed by atoms with Crippen LogP contribution in [0.25, 0.3) is 5.70 Å². The Bertz CT molecular complexity index is 1540. The highest BCUT2D eigenvalue weighted by Gasteiger charge is 2.31. The highest BCUT2D eigenvalue weighted by molar-refractivity contribution is 6.19. The molecule has 42 heavy (non-hydrogen) atoms. The van der Waals surface area contributed by atoms with E-state index >= 15 is 0 Å². The number of allylic oxidation sites excluding steroid dienone is 2. The van der Waals surface area contributed by atoms with Gasteiger partial charge in [0, 0.05) is 29.9 Å². The fraction of sp³-hybridized carbons (Fsp3) is 0.276. The van der Waals surface area contributed by atoms with Crippen LogP contribution in [0.4, 0.5) is 24.9 Å². The molecule has 3 heterocycles. The number of para-hydroxylation sites is 1. The molecule has 2 aromatic carbocycles. The van der Waals surface area contributed by atoms with Crippen molar-refractivity contribution in [3.05, 3.63) is 89.0 Å². The summed E-state index contributed by atoms with van der Waals surface area (Å²) in [5, 5.41) is 16.5. The zero-order valence-electron chi connectivity index (χ0n) is 22.6. The Morgan fingerprint density at radius 3 is 2.64 bits per heavy atom. The number of carbonyl (C=O) groups excluding carboxylic acids is 1. The van der Waals surface area contributed by atoms with E-state index < -0.39 is 23.8 Å². The topological polar surface area (TPSA) is 126 Å². The minimum absolute atomic E-state index is 0.0161. The summed E-state index contributed by atoms with van der Waals surface area (Å²) in [6, 6.07) is 16.4. The lowest BCUT2D eigenvalue weighted by atomic mass is 10.0. The molecule has 1 saturated heterocycles. The van der Waals surface area contributed by atoms with Gasteiger partial charge in [-0.3, -0.25) is 9.79 Å². The van der Waals surface area contributed by atoms with E-state index in [-0.39, 0.29) is 35.9 Å². The van der Waals surface area contributed by atoms with E-state index in [0.717, 1.165) is 37.0 Å². The number of nitrogens with zero attached hydrogens (tertiary/aromatic N) is 4. The van der Waals surface area contributed by atoms with Crippen molar-refractivity contribution in [3.63, 3.8) is 0 Å². The van der Waals surface area contributed by atoms with Gasteiger partial charge >= 0.3 is 12.2 Å². The van der Waals surface area contributed by atoms with Crippen LogP contribution < -0.4 is 16.0 Å². The number of anilines is 2. The summed E-state index contributed by atoms with van der Waals surface area (Å²) >= 11 is 0. The Labute approximate surface area is 239 Å². The van der Waals surface area contributed by atoms with Gasteiger partial charge in [0.05, 0.1) is 23.2 Å². The molecule has 2 atom stereocenters. The highest BCUT2D eigenvalue weighted by atomic mass is 19.4. The lowest BCUT2D eigenvalue weighted by Gasteiger charge is -2.15. The molecule has 0 unspecified atom stereocenters. The van der Waals surface area contributed by atoms with Crippen molar-refractivity contribution < 1.29 is 27.1 Å². The molecule has 0 radical (unpaired) electrons. The summed E-state index contributed by atoms with van der Waals surface area (Å²) in [6.45, 7) is 5.28. The van der Waals surface area contributed by atoms with Gasteiger partial charge in [-0.1, -0.05) is 53.6 Å². The SMILES string of the molecule is C=N/C(=C(\C=C(/C)C(F)(F)F)NC[C@H]1CCCO1)c1nnc(N[C@H]2N=C(c3ccccc3)c3ccccc3NC2=O)o1. The van der Waals surface area contributed by atoms with Crippen LogP contribution in [0, 0.1) is 0 Å². The van der Waals surface area contributed by atoms with Gasteiger partial charge in [0.2, 0.25) is 6.17 Å². The van der Waals surface area contributed by atoms with E-state index in [4.69, 9.17) is 9.15 Å². The van der Waals surface area contributed by atoms with E-state index in [9.17, 15) is 18.0 Å². The average Bonchev–Trinajstić information content (AvgIpc) is 3.64. The molecule has 2 aliphatic heterocycles. The van der Waals surface area contributed by atoms with E-state index in [1.807, 2.05) is 42.5 Å². The number of rotatable bonds is 9. The van der Waals surface area contributed by atoms with Gasteiger partial charge in [0.25, 0.3) is 11.8 Å². The van der Waals surface area contributed by atoms with Gasteiger partial charge in [-0.2, -0.15) is 13.2 Å². The third kappa shape index (κ3) is 6.57. The van der Waals surface area contributed by atoms with Gasteiger partial charge in [0.1, 0.15) is 5.70 Å². The molecule has 0 aliphatic carbocycles. The quantitative estimate of drug-likeness (QED) is 0.242. The van der Waals surface area contributed by atoms with Crippen LogP contribution in [-0.4, -0.2) is 60.1 Å². The van der Waals surface area contributed by atoms with Crippen LogP contribution >= 0.6 is 0 Å². The Balaban J connectivity index is 1.46. The first-order chi connectivity index (χ1) is 20.2. The molecule has 1 amide bonds. The molecule has 3 N–H and O–H groups in total. The first kappa shape index (κ1) is 28.7. The van der Waals surface area contributed by atoms with Crippen LogP contribution in [0.5, 0.6) is 0 Å². The minimum Gasteiger partial charge on any atom is -0.402 e. The second-order valence-corrected chi connectivity index (χ2v) is 9.60. The van der Waals surface area contributed by atoms with Crippen LogP contribution in [0.2, 0.25) is 0 Å². The Kier molecular flexibility index (Phi) is 8.48. The summed E-state index contributed by atoms with van der Waals surface area (Å²) in [5.41, 5.74) is 1.67. The van der Waals surface area contributed by atoms with Crippen molar-refractivity contribution in [2.45, 2.75) is 38.2 Å². The smallest absolute Gasteiger partial charge is 0.402 e. The average molecular weight is 580 g/mol. The fourth-order valence-electron chi connectivity index (χ4n) is 4.47. The normalized spacial score (nSPS) is 19.7. The second kappa shape index (κ2) is 12.4. The number of amides is 1. The molecule has 218 valence electrons. The van der Waals surface area contributed by atoms with Crippen molar-refractivity contribution >= 4 is 35.7 Å². The summed E-state index contributed by atoms with van der Waals surface area (Å²) in [6.07, 6.45) is -3.37. The van der Waals surface area contributed by atoms with Gasteiger partial charge in [-0.25, -0.2) is 4.99 Å². The third-order valence-corrected chi connectivity index (χ3v) is 6.65. The predicted molar refractivity (Wildman–Crippen MR) is 152 cm³/mol. The number of benzodiazepines with no additional fused rings is 1. The van der Waals surface area contributed by atoms with Crippen molar-refractivity contribution in [2.75, 3.05) is 23.8 Å². The molecule has 0 spiro atoms. The van der Waals surface area contributed by atoms with Crippen molar-refractivity contribution in [1.82, 2.24) is 15.5 Å². The second-order valence-electron chi connectivity index (χ2n) is 9.60. The summed E-state index contributed by atoms with van der Waals surface area (Å²) in [5.74, 6) is -0.688. The number of alkyl halides is 3. The molecule has 13 heteroatoms. The zero-order valence-corrected chi connectivity index (χ0v) is 22.6. The Morgan fingerprint density at radius 2 is 1.93 bits per heavy atom. The van der Waals surface area contributed by atoms with Crippen LogP contribution in [0.1, 0.15) is 36.8 Å². The zero-order chi connectivity index (χ0) is 29.7. The van der Waals surface area contributed by atoms with Gasteiger partial charge < -0.3 is 25.1 Å². The first-order valence-corrected chi connectivity index (χ1v) is 13.2. The molecule has 5 rings (SSSR count). The monoisotopic (exact) mass is 579 g/mol. The van der Waals surface area contributed by atoms with Gasteiger partial charge in [-0.05, 0) is 38.6 Å². The maximum atomic E-state index is 13.4. The van der Waals surface area contributed by atoms with E-state index in [2.05, 4.69) is 42.9 Å². The molecule has 0 saturated carbocycles. The van der Waals surface area contributed by atoms with Crippen LogP contribution in [0.3, 0.4) is 0 Å². The number of carbonyl (C=O) groups is 1. The fourth-order valence-corrected chi connectivity index (χ4v) is 4.47. The molecule has 2 aliphatic rings. The predicted octanol–water partition coefficient (Wildman–Crippen LogP) is 4.94. The largest absolute Gasteiger partial charge is 0.412 e. The summed E-state index contributed by atoms with van der Waals surface area (Å²) in [7, 11) is 0. The molecule has 0 bridgehead atoms. The van der Waals surface area contributed by atoms with Crippen molar-refractivity contribution in [3.8, 4) is 0 Å². The van der Waals surface area contributed by atoms with Crippen LogP contribution in [-0.2, 0) is 9.53 Å². The molecule has 3 aromatic rings. The molecule has 10 nitrogen and oxygen atoms in total. The summed E-state index contributed by atoms with van der Waals surface area (Å²) in [4.78, 5) is 21.7. The first-order valence-electron chi connectivity index (χ1n) is 13.2. The lowest BCUT2D eigenvalue weighted by Crippen LogP contribution is -2.32. The van der Waals surface area contributed by atoms with Gasteiger partial charge in [0.15, 0.2) is 0 Å². The molecular formula is C29H28F3N7O3. The molecule has 1 fully saturated rings. The van der Waals surface area contributed by atoms with E-state index in [0.29, 0.717) is 18.0 Å². The number of aromatic nitrogens is 2. The number of halogens is 3. The number of nitrogens with one attached hydrogen (secondary N) is 3. The maximum Gasteiger partial charge on any atom is 0.412 e. The standard InChI is InChI=1S/C29H28F3N7O3/c1-17(29(30,31)32)15-22(34-16-19-11-8-14-41-19)24(33-2)27-38-39-28(42-27)37-25-26(40)35-21-13-7-6-12-20(21)23(36-25)18-9-4-3-5-10-18/h3-7,9-10,12-13,15,19,25,34H,2,8,11,14,16H2,1H3,(H,35,40)(H,37,39)/b17-15+,24-22+/t19-,25-/m1/s1. The van der Waals surface area contributed by atoms with Crippen LogP contribution in [0.15, 0.2) is 86.3 Å². The summed E-state index contributed by atoms with van der Waals surface area (Å²) < 4.78 is 51.5. The molecular weight excluding hydrogens is 551 g/mol. The lowest BCUT2D eigenvalue weighted by molar-refractivity contribution is -0.116. The number of benzene rings is 2. The number of hydrogen-bond donors (Lipinski definition) is 3. The van der Waals surface area contributed by atoms with Crippen molar-refractivity contribution in [2.24, 2.45) is 9.98 Å². The highest BCUT2D eigenvalue weighted by Crippen LogP contribution is 2.29. The third-order valence-electron chi connectivity index (χ3n) is 6.65. The minimum atomic E-state index is -4.57. The number of fused-ring (bicyclic) bond motifs is 1. The molecule has 1 aromatic heterocycles. The maximum absolute atomic E-state index is 13.4. The van der Waals surface area contributed by atoms with E-state index in [1.54, 1.807) is 12.1 Å². The number of ether oxygens (including phenoxy) is 1. The number of hydrogen-bond acceptors (Lipinski definition) is 9. The van der Waals surface area contributed by atoms with Crippen molar-refractivity contribution in [1.29, 1.82) is 0 Å². The Hall–Kier alpha value is -4.78. The number of aliphatic imine (C=N–C) groups is 2. The Morgan fingerprint density at radius 1 is 1.17 bits per heavy atom.